The number of hydrogen-bond acceptors (Lipinski definition) is 6. The second-order valence-electron chi connectivity index (χ2n) is 6.33. The predicted molar refractivity (Wildman–Crippen MR) is 107 cm³/mol. The molecule has 0 radical (unpaired) electrons. The highest BCUT2D eigenvalue weighted by molar-refractivity contribution is 8.13. The van der Waals surface area contributed by atoms with Gasteiger partial charge in [-0.3, -0.25) is 4.79 Å². The Balaban J connectivity index is 2.24. The van der Waals surface area contributed by atoms with Gasteiger partial charge in [0.15, 0.2) is 0 Å². The molecule has 0 saturated heterocycles. The monoisotopic (exact) mass is 453 g/mol. The highest BCUT2D eigenvalue weighted by Gasteiger charge is 2.29. The molecule has 11 heteroatoms. The quantitative estimate of drug-likeness (QED) is 0.543. The van der Waals surface area contributed by atoms with Gasteiger partial charge in [0, 0.05) is 23.8 Å². The van der Waals surface area contributed by atoms with Crippen LogP contribution in [0.2, 0.25) is 0 Å². The largest absolute Gasteiger partial charge is 0.480 e. The molecule has 0 saturated carbocycles. The fourth-order valence-corrected chi connectivity index (χ4v) is 3.37. The Labute approximate surface area is 179 Å². The minimum Gasteiger partial charge on any atom is -0.480 e. The third-order valence-corrected chi connectivity index (χ3v) is 4.94. The zero-order valence-corrected chi connectivity index (χ0v) is 17.0. The molecule has 2 unspecified atom stereocenters. The molecule has 31 heavy (non-hydrogen) atoms. The number of carboxylic acid groups (broad SMARTS) is 2. The zero-order chi connectivity index (χ0) is 23.3. The first-order chi connectivity index (χ1) is 14.5. The number of rotatable bonds is 7. The average Bonchev–Trinajstić information content (AvgIpc) is 2.66. The van der Waals surface area contributed by atoms with Gasteiger partial charge in [-0.25, -0.2) is 23.2 Å². The molecular weight excluding hydrogens is 436 g/mol. The average molecular weight is 453 g/mol. The number of nitrogens with one attached hydrogen (secondary N) is 1. The maximum absolute atomic E-state index is 14.0. The molecule has 0 bridgehead atoms. The van der Waals surface area contributed by atoms with Gasteiger partial charge in [-0.1, -0.05) is 13.0 Å². The highest BCUT2D eigenvalue weighted by Crippen LogP contribution is 2.30. The number of ether oxygens (including phenoxy) is 1. The van der Waals surface area contributed by atoms with E-state index in [0.717, 1.165) is 31.2 Å². The molecule has 8 nitrogen and oxygen atoms in total. The van der Waals surface area contributed by atoms with Gasteiger partial charge in [0.2, 0.25) is 5.91 Å². The van der Waals surface area contributed by atoms with Gasteiger partial charge >= 0.3 is 17.2 Å². The number of thioether (sulfide) groups is 1. The Morgan fingerprint density at radius 1 is 1.06 bits per heavy atom. The van der Waals surface area contributed by atoms with E-state index in [-0.39, 0.29) is 16.9 Å². The number of amides is 1. The number of aliphatic carboxylic acids is 1. The molecule has 0 spiro atoms. The van der Waals surface area contributed by atoms with Crippen LogP contribution < -0.4 is 10.1 Å². The van der Waals surface area contributed by atoms with Crippen LogP contribution in [0.25, 0.3) is 11.1 Å². The molecule has 0 aliphatic carbocycles. The van der Waals surface area contributed by atoms with E-state index in [2.05, 4.69) is 5.32 Å². The normalized spacial score (nSPS) is 12.5. The summed E-state index contributed by atoms with van der Waals surface area (Å²) in [5, 5.41) is 18.9. The molecule has 164 valence electrons. The summed E-state index contributed by atoms with van der Waals surface area (Å²) in [5.41, 5.74) is -0.392. The van der Waals surface area contributed by atoms with Crippen LogP contribution in [0.1, 0.15) is 24.2 Å². The molecule has 0 fully saturated rings. The van der Waals surface area contributed by atoms with Crippen molar-refractivity contribution in [1.82, 2.24) is 5.32 Å². The van der Waals surface area contributed by atoms with Crippen LogP contribution in [0.5, 0.6) is 5.75 Å². The number of carbonyl (C=O) groups excluding carboxylic acids is 2. The SMILES string of the molecule is CC(=O)NC(C(=O)O)C(C)SC(=O)Oc1ccc(-c2ccc(F)cc2F)cc1C(=O)O. The summed E-state index contributed by atoms with van der Waals surface area (Å²) in [4.78, 5) is 46.2. The van der Waals surface area contributed by atoms with Crippen LogP contribution in [0.3, 0.4) is 0 Å². The van der Waals surface area contributed by atoms with Crippen LogP contribution in [0.15, 0.2) is 36.4 Å². The summed E-state index contributed by atoms with van der Waals surface area (Å²) in [5.74, 6) is -5.48. The van der Waals surface area contributed by atoms with Gasteiger partial charge in [0.1, 0.15) is 29.0 Å². The number of carbonyl (C=O) groups is 4. The van der Waals surface area contributed by atoms with Crippen molar-refractivity contribution >= 4 is 34.9 Å². The number of benzene rings is 2. The third-order valence-electron chi connectivity index (χ3n) is 4.02. The van der Waals surface area contributed by atoms with Gasteiger partial charge in [-0.2, -0.15) is 0 Å². The number of hydrogen-bond donors (Lipinski definition) is 3. The Morgan fingerprint density at radius 2 is 1.74 bits per heavy atom. The summed E-state index contributed by atoms with van der Waals surface area (Å²) in [6.45, 7) is 2.50. The summed E-state index contributed by atoms with van der Waals surface area (Å²) >= 11 is 0.447. The van der Waals surface area contributed by atoms with Crippen molar-refractivity contribution in [3.8, 4) is 16.9 Å². The van der Waals surface area contributed by atoms with Crippen molar-refractivity contribution in [2.45, 2.75) is 25.1 Å². The van der Waals surface area contributed by atoms with Gasteiger partial charge in [0.05, 0.1) is 0 Å². The fourth-order valence-electron chi connectivity index (χ4n) is 2.61. The summed E-state index contributed by atoms with van der Waals surface area (Å²) in [6, 6.07) is 4.91. The van der Waals surface area contributed by atoms with Crippen LogP contribution in [0.4, 0.5) is 13.6 Å². The maximum atomic E-state index is 14.0. The molecule has 2 atom stereocenters. The lowest BCUT2D eigenvalue weighted by Gasteiger charge is -2.19. The van der Waals surface area contributed by atoms with Crippen molar-refractivity contribution in [2.24, 2.45) is 0 Å². The van der Waals surface area contributed by atoms with Gasteiger partial charge in [0.25, 0.3) is 0 Å². The first-order valence-corrected chi connectivity index (χ1v) is 9.58. The number of halogens is 2. The summed E-state index contributed by atoms with van der Waals surface area (Å²) in [6.07, 6.45) is 0. The molecule has 0 heterocycles. The van der Waals surface area contributed by atoms with E-state index in [1.807, 2.05) is 0 Å². The van der Waals surface area contributed by atoms with Crippen molar-refractivity contribution in [1.29, 1.82) is 0 Å². The molecule has 0 aliphatic heterocycles. The van der Waals surface area contributed by atoms with Gasteiger partial charge < -0.3 is 20.3 Å². The van der Waals surface area contributed by atoms with Gasteiger partial charge in [-0.15, -0.1) is 0 Å². The second-order valence-corrected chi connectivity index (χ2v) is 7.64. The first kappa shape index (κ1) is 23.8. The Bertz CT molecular complexity index is 1040. The second kappa shape index (κ2) is 10.0. The van der Waals surface area contributed by atoms with E-state index in [1.54, 1.807) is 0 Å². The lowest BCUT2D eigenvalue weighted by molar-refractivity contribution is -0.141. The van der Waals surface area contributed by atoms with Gasteiger partial charge in [-0.05, 0) is 41.6 Å². The van der Waals surface area contributed by atoms with E-state index < -0.39 is 51.6 Å². The van der Waals surface area contributed by atoms with Crippen LogP contribution in [-0.4, -0.2) is 44.7 Å². The third kappa shape index (κ3) is 6.25. The summed E-state index contributed by atoms with van der Waals surface area (Å²) < 4.78 is 32.1. The summed E-state index contributed by atoms with van der Waals surface area (Å²) in [7, 11) is 0. The minimum absolute atomic E-state index is 0.0515. The van der Waals surface area contributed by atoms with E-state index in [1.165, 1.54) is 13.0 Å². The maximum Gasteiger partial charge on any atom is 0.373 e. The molecule has 2 rings (SSSR count). The Kier molecular flexibility index (Phi) is 7.70. The molecule has 0 aliphatic rings. The topological polar surface area (TPSA) is 130 Å². The van der Waals surface area contributed by atoms with Crippen LogP contribution in [-0.2, 0) is 9.59 Å². The van der Waals surface area contributed by atoms with E-state index >= 15 is 0 Å². The van der Waals surface area contributed by atoms with Crippen molar-refractivity contribution in [3.05, 3.63) is 53.6 Å². The molecule has 3 N–H and O–H groups in total. The zero-order valence-electron chi connectivity index (χ0n) is 16.2. The lowest BCUT2D eigenvalue weighted by Crippen LogP contribution is -2.46. The van der Waals surface area contributed by atoms with E-state index in [0.29, 0.717) is 17.8 Å². The molecule has 0 aromatic heterocycles. The van der Waals surface area contributed by atoms with Crippen molar-refractivity contribution in [2.75, 3.05) is 0 Å². The van der Waals surface area contributed by atoms with E-state index in [9.17, 15) is 38.2 Å². The fraction of sp³-hybridized carbons (Fsp3) is 0.200. The van der Waals surface area contributed by atoms with Crippen molar-refractivity contribution < 1.29 is 42.9 Å². The van der Waals surface area contributed by atoms with Crippen LogP contribution >= 0.6 is 11.8 Å². The Hall–Kier alpha value is -3.47. The molecular formula is C20H17F2NO7S. The Morgan fingerprint density at radius 3 is 2.29 bits per heavy atom. The first-order valence-electron chi connectivity index (χ1n) is 8.70. The number of carboxylic acids is 2. The predicted octanol–water partition coefficient (Wildman–Crippen LogP) is 3.54. The molecule has 2 aromatic rings. The minimum atomic E-state index is -1.47. The smallest absolute Gasteiger partial charge is 0.373 e. The van der Waals surface area contributed by atoms with Crippen LogP contribution in [0, 0.1) is 11.6 Å². The van der Waals surface area contributed by atoms with E-state index in [4.69, 9.17) is 4.74 Å². The number of aromatic carboxylic acids is 1. The lowest BCUT2D eigenvalue weighted by atomic mass is 10.0. The highest BCUT2D eigenvalue weighted by atomic mass is 32.2. The molecule has 2 aromatic carbocycles. The molecule has 1 amide bonds. The standard InChI is InChI=1S/C20H17F2NO7S/c1-9(17(19(27)28)23-10(2)24)31-20(29)30-16-6-3-11(7-14(16)18(25)26)13-5-4-12(21)8-15(13)22/h3-9,17H,1-2H3,(H,23,24)(H,25,26)(H,27,28). The van der Waals surface area contributed by atoms with Crippen molar-refractivity contribution in [3.63, 3.8) is 0 Å².